The van der Waals surface area contributed by atoms with E-state index in [1.54, 1.807) is 0 Å². The SMILES string of the molecule is CCNC(=NCC1CCOC1)N(C)Cc1cc(Br)cn1C. The van der Waals surface area contributed by atoms with Gasteiger partial charge in [-0.25, -0.2) is 0 Å². The Morgan fingerprint density at radius 2 is 2.43 bits per heavy atom. The molecule has 5 nitrogen and oxygen atoms in total. The lowest BCUT2D eigenvalue weighted by Crippen LogP contribution is -2.39. The molecule has 0 aromatic carbocycles. The van der Waals surface area contributed by atoms with Gasteiger partial charge in [-0.05, 0) is 35.3 Å². The van der Waals surface area contributed by atoms with Crippen molar-refractivity contribution in [2.45, 2.75) is 19.9 Å². The molecule has 21 heavy (non-hydrogen) atoms. The Hall–Kier alpha value is -1.01. The summed E-state index contributed by atoms with van der Waals surface area (Å²) in [6.07, 6.45) is 3.19. The molecule has 1 N–H and O–H groups in total. The van der Waals surface area contributed by atoms with Crippen LogP contribution in [0.2, 0.25) is 0 Å². The number of nitrogens with one attached hydrogen (secondary N) is 1. The molecule has 1 aromatic rings. The van der Waals surface area contributed by atoms with E-state index < -0.39 is 0 Å². The van der Waals surface area contributed by atoms with Gasteiger partial charge in [-0.15, -0.1) is 0 Å². The van der Waals surface area contributed by atoms with Crippen molar-refractivity contribution in [1.82, 2.24) is 14.8 Å². The summed E-state index contributed by atoms with van der Waals surface area (Å²) in [6, 6.07) is 2.14. The first-order chi connectivity index (χ1) is 10.1. The zero-order chi connectivity index (χ0) is 15.2. The number of nitrogens with zero attached hydrogens (tertiary/aromatic N) is 3. The summed E-state index contributed by atoms with van der Waals surface area (Å²) in [6.45, 7) is 6.36. The van der Waals surface area contributed by atoms with Crippen LogP contribution >= 0.6 is 15.9 Å². The third-order valence-corrected chi connectivity index (χ3v) is 4.13. The first-order valence-electron chi connectivity index (χ1n) is 7.48. The van der Waals surface area contributed by atoms with E-state index in [9.17, 15) is 0 Å². The third-order valence-electron chi connectivity index (χ3n) is 3.69. The van der Waals surface area contributed by atoms with Gasteiger partial charge >= 0.3 is 0 Å². The summed E-state index contributed by atoms with van der Waals surface area (Å²) < 4.78 is 8.66. The second-order valence-electron chi connectivity index (χ2n) is 5.54. The van der Waals surface area contributed by atoms with Crippen molar-refractivity contribution in [2.75, 3.05) is 33.4 Å². The molecule has 0 saturated carbocycles. The number of guanidine groups is 1. The van der Waals surface area contributed by atoms with Crippen LogP contribution in [0.25, 0.3) is 0 Å². The van der Waals surface area contributed by atoms with E-state index >= 15 is 0 Å². The van der Waals surface area contributed by atoms with Crippen molar-refractivity contribution in [2.24, 2.45) is 18.0 Å². The number of aliphatic imine (C=N–C) groups is 1. The number of halogens is 1. The fraction of sp³-hybridized carbons (Fsp3) is 0.667. The maximum Gasteiger partial charge on any atom is 0.194 e. The molecule has 2 rings (SSSR count). The van der Waals surface area contributed by atoms with Crippen molar-refractivity contribution in [3.05, 3.63) is 22.4 Å². The predicted octanol–water partition coefficient (Wildman–Crippen LogP) is 2.22. The molecule has 1 atom stereocenters. The number of ether oxygens (including phenoxy) is 1. The highest BCUT2D eigenvalue weighted by Crippen LogP contribution is 2.15. The molecule has 1 fully saturated rings. The van der Waals surface area contributed by atoms with Crippen molar-refractivity contribution in [1.29, 1.82) is 0 Å². The van der Waals surface area contributed by atoms with Crippen LogP contribution in [-0.2, 0) is 18.3 Å². The topological polar surface area (TPSA) is 41.8 Å². The Kier molecular flexibility index (Phi) is 6.11. The number of aryl methyl sites for hydroxylation is 1. The third kappa shape index (κ3) is 4.74. The van der Waals surface area contributed by atoms with Gasteiger partial charge in [0.2, 0.25) is 0 Å². The second-order valence-corrected chi connectivity index (χ2v) is 6.46. The molecular weight excluding hydrogens is 332 g/mol. The minimum Gasteiger partial charge on any atom is -0.381 e. The molecule has 0 radical (unpaired) electrons. The first-order valence-corrected chi connectivity index (χ1v) is 8.27. The minimum absolute atomic E-state index is 0.566. The van der Waals surface area contributed by atoms with Gasteiger partial charge in [-0.3, -0.25) is 4.99 Å². The second kappa shape index (κ2) is 7.84. The van der Waals surface area contributed by atoms with Crippen LogP contribution in [0.3, 0.4) is 0 Å². The normalized spacial score (nSPS) is 19.0. The minimum atomic E-state index is 0.566. The molecule has 0 aliphatic carbocycles. The number of rotatable bonds is 5. The van der Waals surface area contributed by atoms with Crippen LogP contribution in [-0.4, -0.2) is 48.8 Å². The van der Waals surface area contributed by atoms with Gasteiger partial charge in [-0.2, -0.15) is 0 Å². The number of hydrogen-bond acceptors (Lipinski definition) is 2. The largest absolute Gasteiger partial charge is 0.381 e. The van der Waals surface area contributed by atoms with Crippen molar-refractivity contribution in [3.8, 4) is 0 Å². The molecule has 1 aliphatic heterocycles. The maximum absolute atomic E-state index is 5.41. The molecule has 2 heterocycles. The van der Waals surface area contributed by atoms with Crippen molar-refractivity contribution in [3.63, 3.8) is 0 Å². The van der Waals surface area contributed by atoms with Gasteiger partial charge in [0, 0.05) is 56.1 Å². The van der Waals surface area contributed by atoms with E-state index in [0.717, 1.165) is 49.7 Å². The Morgan fingerprint density at radius 3 is 3.00 bits per heavy atom. The molecule has 1 aromatic heterocycles. The van der Waals surface area contributed by atoms with E-state index in [-0.39, 0.29) is 0 Å². The molecule has 0 spiro atoms. The van der Waals surface area contributed by atoms with Gasteiger partial charge in [-0.1, -0.05) is 0 Å². The predicted molar refractivity (Wildman–Crippen MR) is 89.5 cm³/mol. The Balaban J connectivity index is 1.98. The molecular formula is C15H25BrN4O. The van der Waals surface area contributed by atoms with Crippen LogP contribution in [0.4, 0.5) is 0 Å². The highest BCUT2D eigenvalue weighted by atomic mass is 79.9. The lowest BCUT2D eigenvalue weighted by atomic mass is 10.1. The van der Waals surface area contributed by atoms with Crippen LogP contribution in [0.15, 0.2) is 21.7 Å². The molecule has 0 bridgehead atoms. The standard InChI is InChI=1S/C15H25BrN4O/c1-4-17-15(18-8-12-5-6-21-11-12)20(3)10-14-7-13(16)9-19(14)2/h7,9,12H,4-6,8,10-11H2,1-3H3,(H,17,18). The zero-order valence-corrected chi connectivity index (χ0v) is 14.7. The van der Waals surface area contributed by atoms with Crippen molar-refractivity contribution < 1.29 is 4.74 Å². The van der Waals surface area contributed by atoms with Crippen LogP contribution in [0, 0.1) is 5.92 Å². The molecule has 118 valence electrons. The summed E-state index contributed by atoms with van der Waals surface area (Å²) >= 11 is 3.52. The van der Waals surface area contributed by atoms with E-state index in [2.05, 4.69) is 64.0 Å². The lowest BCUT2D eigenvalue weighted by molar-refractivity contribution is 0.187. The summed E-state index contributed by atoms with van der Waals surface area (Å²) in [5, 5.41) is 3.37. The summed E-state index contributed by atoms with van der Waals surface area (Å²) in [4.78, 5) is 6.93. The van der Waals surface area contributed by atoms with Crippen LogP contribution < -0.4 is 5.32 Å². The summed E-state index contributed by atoms with van der Waals surface area (Å²) in [7, 11) is 4.14. The average Bonchev–Trinajstić information content (AvgIpc) is 3.05. The monoisotopic (exact) mass is 356 g/mol. The Bertz CT molecular complexity index is 480. The Morgan fingerprint density at radius 1 is 1.62 bits per heavy atom. The molecule has 6 heteroatoms. The van der Waals surface area contributed by atoms with E-state index in [4.69, 9.17) is 9.73 Å². The summed E-state index contributed by atoms with van der Waals surface area (Å²) in [5.41, 5.74) is 1.25. The fourth-order valence-corrected chi connectivity index (χ4v) is 3.03. The smallest absolute Gasteiger partial charge is 0.194 e. The summed E-state index contributed by atoms with van der Waals surface area (Å²) in [5.74, 6) is 1.53. The number of aromatic nitrogens is 1. The van der Waals surface area contributed by atoms with Crippen molar-refractivity contribution >= 4 is 21.9 Å². The molecule has 1 unspecified atom stereocenters. The fourth-order valence-electron chi connectivity index (χ4n) is 2.45. The van der Waals surface area contributed by atoms with E-state index in [1.807, 2.05) is 0 Å². The molecule has 1 aliphatic rings. The maximum atomic E-state index is 5.41. The van der Waals surface area contributed by atoms with Gasteiger partial charge in [0.15, 0.2) is 5.96 Å². The van der Waals surface area contributed by atoms with Crippen LogP contribution in [0.5, 0.6) is 0 Å². The van der Waals surface area contributed by atoms with Gasteiger partial charge in [0.1, 0.15) is 0 Å². The lowest BCUT2D eigenvalue weighted by Gasteiger charge is -2.22. The van der Waals surface area contributed by atoms with Gasteiger partial charge in [0.25, 0.3) is 0 Å². The zero-order valence-electron chi connectivity index (χ0n) is 13.1. The highest BCUT2D eigenvalue weighted by molar-refractivity contribution is 9.10. The van der Waals surface area contributed by atoms with Gasteiger partial charge in [0.05, 0.1) is 13.2 Å². The molecule has 1 saturated heterocycles. The Labute approximate surface area is 135 Å². The molecule has 0 amide bonds. The quantitative estimate of drug-likeness (QED) is 0.649. The average molecular weight is 357 g/mol. The van der Waals surface area contributed by atoms with Gasteiger partial charge < -0.3 is 19.5 Å². The van der Waals surface area contributed by atoms with E-state index in [1.165, 1.54) is 5.69 Å². The highest BCUT2D eigenvalue weighted by Gasteiger charge is 2.16. The first kappa shape index (κ1) is 16.4. The number of hydrogen-bond donors (Lipinski definition) is 1. The van der Waals surface area contributed by atoms with Crippen LogP contribution in [0.1, 0.15) is 19.0 Å². The van der Waals surface area contributed by atoms with E-state index in [0.29, 0.717) is 5.92 Å².